The number of amides is 2. The summed E-state index contributed by atoms with van der Waals surface area (Å²) in [6.45, 7) is 1.88. The lowest BCUT2D eigenvalue weighted by Crippen LogP contribution is -2.54. The highest BCUT2D eigenvalue weighted by Gasteiger charge is 2.45. The molecule has 2 saturated heterocycles. The van der Waals surface area contributed by atoms with E-state index in [-0.39, 0.29) is 23.3 Å². The number of fused-ring (bicyclic) bond motifs is 1. The van der Waals surface area contributed by atoms with Crippen molar-refractivity contribution in [3.8, 4) is 5.75 Å². The number of rotatable bonds is 3. The van der Waals surface area contributed by atoms with Crippen molar-refractivity contribution < 1.29 is 27.1 Å². The molecule has 0 saturated carbocycles. The normalized spacial score (nSPS) is 22.8. The number of carbonyl (C=O) groups excluding carboxylic acids is 2. The van der Waals surface area contributed by atoms with Crippen LogP contribution in [0.3, 0.4) is 0 Å². The number of carbonyl (C=O) groups is 2. The van der Waals surface area contributed by atoms with E-state index >= 15 is 0 Å². The van der Waals surface area contributed by atoms with E-state index in [1.165, 1.54) is 22.0 Å². The largest absolute Gasteiger partial charge is 0.491 e. The van der Waals surface area contributed by atoms with Gasteiger partial charge in [-0.1, -0.05) is 31.0 Å². The summed E-state index contributed by atoms with van der Waals surface area (Å²) < 4.78 is 47.2. The molecule has 3 aliphatic rings. The predicted octanol–water partition coefficient (Wildman–Crippen LogP) is 3.90. The molecule has 0 bridgehead atoms. The minimum atomic E-state index is -3.93. The molecular formula is C30H38FN3O5S. The van der Waals surface area contributed by atoms with Gasteiger partial charge in [0.25, 0.3) is 0 Å². The molecule has 1 N–H and O–H groups in total. The Hall–Kier alpha value is -2.98. The first-order valence-electron chi connectivity index (χ1n) is 14.4. The van der Waals surface area contributed by atoms with Gasteiger partial charge in [0.2, 0.25) is 21.8 Å². The summed E-state index contributed by atoms with van der Waals surface area (Å²) >= 11 is 0. The highest BCUT2D eigenvalue weighted by Crippen LogP contribution is 2.38. The first kappa shape index (κ1) is 28.5. The number of benzene rings is 2. The maximum Gasteiger partial charge on any atom is 0.243 e. The fourth-order valence-electron chi connectivity index (χ4n) is 6.29. The number of nitrogens with zero attached hydrogens (tertiary/aromatic N) is 2. The quantitative estimate of drug-likeness (QED) is 0.603. The van der Waals surface area contributed by atoms with E-state index in [1.807, 2.05) is 18.2 Å². The molecule has 1 spiro atoms. The zero-order valence-electron chi connectivity index (χ0n) is 22.8. The molecule has 40 heavy (non-hydrogen) atoms. The topological polar surface area (TPSA) is 96.0 Å². The molecule has 0 aromatic heterocycles. The molecular weight excluding hydrogens is 533 g/mol. The standard InChI is InChI=1S/C30H38FN3O5S/c31-24-11-13-25(14-12-24)40(37,38)34-19-6-9-26(34)28(35)33-20-16-30(17-21-33)15-5-1-2-7-23-8-3-4-10-27(23)39-22-18-32-29(30)36/h3-4,8,10-14,26H,1-2,5-7,9,15-22H2,(H,32,36). The molecule has 2 fully saturated rings. The van der Waals surface area contributed by atoms with Gasteiger partial charge in [0.05, 0.1) is 16.9 Å². The van der Waals surface area contributed by atoms with Crippen LogP contribution in [0.25, 0.3) is 0 Å². The molecule has 3 heterocycles. The summed E-state index contributed by atoms with van der Waals surface area (Å²) in [7, 11) is -3.93. The maximum atomic E-state index is 13.6. The minimum Gasteiger partial charge on any atom is -0.491 e. The zero-order chi connectivity index (χ0) is 28.2. The molecule has 1 unspecified atom stereocenters. The Bertz CT molecular complexity index is 1310. The van der Waals surface area contributed by atoms with E-state index in [0.29, 0.717) is 51.9 Å². The van der Waals surface area contributed by atoms with E-state index in [4.69, 9.17) is 4.74 Å². The van der Waals surface area contributed by atoms with Crippen LogP contribution >= 0.6 is 0 Å². The number of nitrogens with one attached hydrogen (secondary N) is 1. The van der Waals surface area contributed by atoms with Crippen LogP contribution in [-0.2, 0) is 26.0 Å². The molecule has 1 atom stereocenters. The lowest BCUT2D eigenvalue weighted by Gasteiger charge is -2.42. The molecule has 216 valence electrons. The summed E-state index contributed by atoms with van der Waals surface area (Å²) in [5.41, 5.74) is 0.643. The van der Waals surface area contributed by atoms with Crippen molar-refractivity contribution in [1.82, 2.24) is 14.5 Å². The fourth-order valence-corrected chi connectivity index (χ4v) is 7.94. The smallest absolute Gasteiger partial charge is 0.243 e. The van der Waals surface area contributed by atoms with Gasteiger partial charge in [0.15, 0.2) is 0 Å². The Labute approximate surface area is 235 Å². The van der Waals surface area contributed by atoms with Gasteiger partial charge in [-0.05, 0) is 80.8 Å². The number of sulfonamides is 1. The van der Waals surface area contributed by atoms with E-state index in [9.17, 15) is 22.4 Å². The Morgan fingerprint density at radius 1 is 0.950 bits per heavy atom. The van der Waals surface area contributed by atoms with E-state index in [0.717, 1.165) is 50.0 Å². The molecule has 2 aromatic carbocycles. The van der Waals surface area contributed by atoms with Gasteiger partial charge >= 0.3 is 0 Å². The lowest BCUT2D eigenvalue weighted by atomic mass is 9.73. The van der Waals surface area contributed by atoms with Crippen molar-refractivity contribution >= 4 is 21.8 Å². The van der Waals surface area contributed by atoms with Gasteiger partial charge in [-0.15, -0.1) is 0 Å². The first-order chi connectivity index (χ1) is 19.3. The van der Waals surface area contributed by atoms with Gasteiger partial charge in [0.1, 0.15) is 24.2 Å². The van der Waals surface area contributed by atoms with Crippen molar-refractivity contribution in [3.63, 3.8) is 0 Å². The predicted molar refractivity (Wildman–Crippen MR) is 149 cm³/mol. The van der Waals surface area contributed by atoms with Crippen LogP contribution < -0.4 is 10.1 Å². The third kappa shape index (κ3) is 6.02. The van der Waals surface area contributed by atoms with Crippen LogP contribution in [0.15, 0.2) is 53.4 Å². The van der Waals surface area contributed by atoms with Crippen molar-refractivity contribution in [3.05, 3.63) is 59.9 Å². The molecule has 10 heteroatoms. The van der Waals surface area contributed by atoms with Crippen LogP contribution in [0.4, 0.5) is 4.39 Å². The average Bonchev–Trinajstić information content (AvgIpc) is 3.47. The Morgan fingerprint density at radius 3 is 2.48 bits per heavy atom. The van der Waals surface area contributed by atoms with Crippen LogP contribution in [0.2, 0.25) is 0 Å². The van der Waals surface area contributed by atoms with Crippen molar-refractivity contribution in [2.24, 2.45) is 5.41 Å². The third-order valence-electron chi connectivity index (χ3n) is 8.64. The van der Waals surface area contributed by atoms with Gasteiger partial charge in [-0.2, -0.15) is 4.31 Å². The first-order valence-corrected chi connectivity index (χ1v) is 15.8. The molecule has 0 aliphatic carbocycles. The minimum absolute atomic E-state index is 0.0112. The zero-order valence-corrected chi connectivity index (χ0v) is 23.6. The van der Waals surface area contributed by atoms with Crippen LogP contribution in [0.1, 0.15) is 56.9 Å². The van der Waals surface area contributed by atoms with Gasteiger partial charge in [-0.25, -0.2) is 12.8 Å². The SMILES string of the molecule is O=C(C1CCCN1S(=O)(=O)c1ccc(F)cc1)N1CCC2(CCCCCc3ccccc3OCCNC2=O)CC1. The Morgan fingerprint density at radius 2 is 1.70 bits per heavy atom. The third-order valence-corrected chi connectivity index (χ3v) is 10.6. The second kappa shape index (κ2) is 12.3. The number of halogens is 1. The van der Waals surface area contributed by atoms with Gasteiger partial charge in [0, 0.05) is 19.6 Å². The van der Waals surface area contributed by atoms with Crippen LogP contribution in [0, 0.1) is 11.2 Å². The highest BCUT2D eigenvalue weighted by molar-refractivity contribution is 7.89. The number of para-hydroxylation sites is 1. The highest BCUT2D eigenvalue weighted by atomic mass is 32.2. The van der Waals surface area contributed by atoms with E-state index in [1.54, 1.807) is 4.90 Å². The molecule has 3 aliphatic heterocycles. The summed E-state index contributed by atoms with van der Waals surface area (Å²) in [5.74, 6) is 0.158. The van der Waals surface area contributed by atoms with Crippen molar-refractivity contribution in [1.29, 1.82) is 0 Å². The van der Waals surface area contributed by atoms with Gasteiger partial charge < -0.3 is 15.0 Å². The Kier molecular flexibility index (Phi) is 8.75. The number of aryl methyl sites for hydroxylation is 1. The molecule has 2 aromatic rings. The van der Waals surface area contributed by atoms with E-state index in [2.05, 4.69) is 11.4 Å². The van der Waals surface area contributed by atoms with Crippen molar-refractivity contribution in [2.45, 2.75) is 68.7 Å². The number of hydrogen-bond acceptors (Lipinski definition) is 5. The average molecular weight is 572 g/mol. The fraction of sp³-hybridized carbons (Fsp3) is 0.533. The summed E-state index contributed by atoms with van der Waals surface area (Å²) in [6.07, 6.45) is 6.77. The van der Waals surface area contributed by atoms with Crippen LogP contribution in [-0.4, -0.2) is 68.3 Å². The number of likely N-dealkylation sites (tertiary alicyclic amines) is 1. The van der Waals surface area contributed by atoms with Crippen molar-refractivity contribution in [2.75, 3.05) is 32.8 Å². The van der Waals surface area contributed by atoms with E-state index < -0.39 is 27.3 Å². The number of hydrogen-bond donors (Lipinski definition) is 1. The monoisotopic (exact) mass is 571 g/mol. The molecule has 5 rings (SSSR count). The number of piperidine rings is 1. The lowest BCUT2D eigenvalue weighted by molar-refractivity contribution is -0.143. The Balaban J connectivity index is 1.23. The van der Waals surface area contributed by atoms with Gasteiger partial charge in [-0.3, -0.25) is 9.59 Å². The number of ether oxygens (including phenoxy) is 1. The summed E-state index contributed by atoms with van der Waals surface area (Å²) in [5, 5.41) is 3.08. The maximum absolute atomic E-state index is 13.6. The second-order valence-electron chi connectivity index (χ2n) is 11.1. The molecule has 8 nitrogen and oxygen atoms in total. The second-order valence-corrected chi connectivity index (χ2v) is 13.0. The molecule has 2 amide bonds. The van der Waals surface area contributed by atoms with Crippen LogP contribution in [0.5, 0.6) is 5.75 Å². The molecule has 0 radical (unpaired) electrons. The summed E-state index contributed by atoms with van der Waals surface area (Å²) in [6, 6.07) is 12.0. The summed E-state index contributed by atoms with van der Waals surface area (Å²) in [4.78, 5) is 28.8.